The van der Waals surface area contributed by atoms with Crippen LogP contribution in [0.15, 0.2) is 54.2 Å². The normalized spacial score (nSPS) is 14.2. The van der Waals surface area contributed by atoms with Gasteiger partial charge in [-0.05, 0) is 64.2 Å². The third-order valence-electron chi connectivity index (χ3n) is 4.33. The van der Waals surface area contributed by atoms with E-state index in [9.17, 15) is 10.2 Å². The molecule has 0 amide bonds. The summed E-state index contributed by atoms with van der Waals surface area (Å²) in [5.41, 5.74) is 3.52. The molecule has 0 saturated heterocycles. The standard InChI is InChI=1S/C21H30O2/c1-6-21(5,18-12-13-19(22)20(23)15-18)14-8-11-17(4)10-7-9-16(2)3/h6,9,11-13,15,22-23H,1,7-8,10,14H2,2-5H3/b17-11+/t21-/m1/s1. The van der Waals surface area contributed by atoms with Gasteiger partial charge < -0.3 is 10.2 Å². The van der Waals surface area contributed by atoms with E-state index in [0.29, 0.717) is 0 Å². The smallest absolute Gasteiger partial charge is 0.157 e. The molecule has 0 spiro atoms. The fourth-order valence-electron chi connectivity index (χ4n) is 2.55. The topological polar surface area (TPSA) is 40.5 Å². The molecule has 0 heterocycles. The summed E-state index contributed by atoms with van der Waals surface area (Å²) in [7, 11) is 0. The van der Waals surface area contributed by atoms with Crippen molar-refractivity contribution < 1.29 is 10.2 Å². The Morgan fingerprint density at radius 2 is 1.78 bits per heavy atom. The second-order valence-corrected chi connectivity index (χ2v) is 6.73. The number of hydrogen-bond donors (Lipinski definition) is 2. The van der Waals surface area contributed by atoms with Crippen molar-refractivity contribution in [2.24, 2.45) is 0 Å². The zero-order valence-corrected chi connectivity index (χ0v) is 14.9. The lowest BCUT2D eigenvalue weighted by Gasteiger charge is -2.26. The maximum absolute atomic E-state index is 9.71. The highest BCUT2D eigenvalue weighted by Gasteiger charge is 2.23. The highest BCUT2D eigenvalue weighted by molar-refractivity contribution is 5.44. The molecule has 0 bridgehead atoms. The Balaban J connectivity index is 2.70. The minimum atomic E-state index is -0.220. The average molecular weight is 314 g/mol. The molecule has 1 rings (SSSR count). The SMILES string of the molecule is C=C[C@](C)(CC/C=C(\C)CCC=C(C)C)c1ccc(O)c(O)c1. The van der Waals surface area contributed by atoms with Gasteiger partial charge in [0.15, 0.2) is 11.5 Å². The first-order chi connectivity index (χ1) is 10.8. The van der Waals surface area contributed by atoms with Crippen molar-refractivity contribution >= 4 is 0 Å². The number of phenols is 2. The van der Waals surface area contributed by atoms with Crippen LogP contribution in [0.5, 0.6) is 11.5 Å². The molecule has 1 aromatic carbocycles. The van der Waals surface area contributed by atoms with Crippen LogP contribution in [0.1, 0.15) is 58.9 Å². The molecule has 0 aromatic heterocycles. The number of phenolic OH excluding ortho intramolecular Hbond substituents is 2. The van der Waals surface area contributed by atoms with E-state index in [1.807, 2.05) is 12.1 Å². The van der Waals surface area contributed by atoms with Crippen LogP contribution in [0.4, 0.5) is 0 Å². The second kappa shape index (κ2) is 8.61. The summed E-state index contributed by atoms with van der Waals surface area (Å²) < 4.78 is 0. The Labute approximate surface area is 140 Å². The lowest BCUT2D eigenvalue weighted by Crippen LogP contribution is -2.18. The van der Waals surface area contributed by atoms with Gasteiger partial charge in [0.1, 0.15) is 0 Å². The van der Waals surface area contributed by atoms with Gasteiger partial charge in [-0.2, -0.15) is 0 Å². The van der Waals surface area contributed by atoms with Crippen LogP contribution < -0.4 is 0 Å². The van der Waals surface area contributed by atoms with Crippen molar-refractivity contribution in [2.45, 2.75) is 58.8 Å². The van der Waals surface area contributed by atoms with Crippen molar-refractivity contribution in [3.05, 3.63) is 59.7 Å². The predicted molar refractivity (Wildman–Crippen MR) is 99.0 cm³/mol. The first-order valence-electron chi connectivity index (χ1n) is 8.23. The Morgan fingerprint density at radius 1 is 1.09 bits per heavy atom. The maximum Gasteiger partial charge on any atom is 0.157 e. The van der Waals surface area contributed by atoms with Gasteiger partial charge in [0.2, 0.25) is 0 Å². The number of allylic oxidation sites excluding steroid dienone is 5. The third kappa shape index (κ3) is 5.97. The van der Waals surface area contributed by atoms with Gasteiger partial charge in [0, 0.05) is 5.41 Å². The monoisotopic (exact) mass is 314 g/mol. The van der Waals surface area contributed by atoms with Crippen molar-refractivity contribution in [1.82, 2.24) is 0 Å². The van der Waals surface area contributed by atoms with Crippen molar-refractivity contribution in [1.29, 1.82) is 0 Å². The largest absolute Gasteiger partial charge is 0.504 e. The molecule has 0 unspecified atom stereocenters. The van der Waals surface area contributed by atoms with Gasteiger partial charge >= 0.3 is 0 Å². The number of hydrogen-bond acceptors (Lipinski definition) is 2. The van der Waals surface area contributed by atoms with Gasteiger partial charge in [-0.15, -0.1) is 6.58 Å². The van der Waals surface area contributed by atoms with Crippen LogP contribution >= 0.6 is 0 Å². The highest BCUT2D eigenvalue weighted by Crippen LogP contribution is 2.35. The first-order valence-corrected chi connectivity index (χ1v) is 8.23. The van der Waals surface area contributed by atoms with E-state index in [4.69, 9.17) is 0 Å². The molecule has 23 heavy (non-hydrogen) atoms. The maximum atomic E-state index is 9.71. The summed E-state index contributed by atoms with van der Waals surface area (Å²) in [6, 6.07) is 5.01. The number of aromatic hydroxyl groups is 2. The second-order valence-electron chi connectivity index (χ2n) is 6.73. The van der Waals surface area contributed by atoms with Gasteiger partial charge in [0.05, 0.1) is 0 Å². The highest BCUT2D eigenvalue weighted by atomic mass is 16.3. The molecule has 0 radical (unpaired) electrons. The molecule has 0 aliphatic heterocycles. The molecule has 126 valence electrons. The Morgan fingerprint density at radius 3 is 2.35 bits per heavy atom. The summed E-state index contributed by atoms with van der Waals surface area (Å²) in [5.74, 6) is -0.167. The zero-order chi connectivity index (χ0) is 17.5. The molecule has 0 aliphatic rings. The van der Waals surface area contributed by atoms with Gasteiger partial charge in [-0.25, -0.2) is 0 Å². The van der Waals surface area contributed by atoms with Crippen LogP contribution in [0.25, 0.3) is 0 Å². The van der Waals surface area contributed by atoms with Crippen molar-refractivity contribution in [3.8, 4) is 11.5 Å². The van der Waals surface area contributed by atoms with Gasteiger partial charge in [-0.3, -0.25) is 0 Å². The number of rotatable bonds is 8. The van der Waals surface area contributed by atoms with Gasteiger partial charge in [0.25, 0.3) is 0 Å². The van der Waals surface area contributed by atoms with Crippen molar-refractivity contribution in [2.75, 3.05) is 0 Å². The summed E-state index contributed by atoms with van der Waals surface area (Å²) in [4.78, 5) is 0. The van der Waals surface area contributed by atoms with E-state index >= 15 is 0 Å². The lowest BCUT2D eigenvalue weighted by atomic mass is 9.78. The summed E-state index contributed by atoms with van der Waals surface area (Å²) in [6.07, 6.45) is 10.5. The van der Waals surface area contributed by atoms with Crippen LogP contribution in [0.3, 0.4) is 0 Å². The van der Waals surface area contributed by atoms with E-state index in [2.05, 4.69) is 46.4 Å². The fourth-order valence-corrected chi connectivity index (χ4v) is 2.55. The summed E-state index contributed by atoms with van der Waals surface area (Å²) >= 11 is 0. The molecule has 1 atom stereocenters. The Bertz CT molecular complexity index is 592. The van der Waals surface area contributed by atoms with E-state index < -0.39 is 0 Å². The predicted octanol–water partition coefficient (Wildman–Crippen LogP) is 6.01. The molecular weight excluding hydrogens is 284 g/mol. The van der Waals surface area contributed by atoms with Crippen LogP contribution in [-0.2, 0) is 5.41 Å². The lowest BCUT2D eigenvalue weighted by molar-refractivity contribution is 0.401. The first kappa shape index (κ1) is 19.1. The minimum absolute atomic E-state index is 0.0796. The Hall–Kier alpha value is -1.96. The molecular formula is C21H30O2. The Kier molecular flexibility index (Phi) is 7.15. The van der Waals surface area contributed by atoms with Crippen molar-refractivity contribution in [3.63, 3.8) is 0 Å². The van der Waals surface area contributed by atoms with E-state index in [1.165, 1.54) is 17.2 Å². The molecule has 0 aliphatic carbocycles. The minimum Gasteiger partial charge on any atom is -0.504 e. The van der Waals surface area contributed by atoms with Crippen LogP contribution in [-0.4, -0.2) is 10.2 Å². The van der Waals surface area contributed by atoms with E-state index in [0.717, 1.165) is 31.2 Å². The molecule has 0 saturated carbocycles. The average Bonchev–Trinajstić information content (AvgIpc) is 2.49. The summed E-state index contributed by atoms with van der Waals surface area (Å²) in [6.45, 7) is 12.5. The molecule has 2 nitrogen and oxygen atoms in total. The van der Waals surface area contributed by atoms with Crippen LogP contribution in [0.2, 0.25) is 0 Å². The molecule has 2 heteroatoms. The fraction of sp³-hybridized carbons (Fsp3) is 0.429. The third-order valence-corrected chi connectivity index (χ3v) is 4.33. The van der Waals surface area contributed by atoms with Crippen LogP contribution in [0, 0.1) is 0 Å². The molecule has 1 aromatic rings. The molecule has 0 fully saturated rings. The number of benzene rings is 1. The summed E-state index contributed by atoms with van der Waals surface area (Å²) in [5, 5.41) is 19.2. The van der Waals surface area contributed by atoms with Gasteiger partial charge in [-0.1, -0.05) is 42.4 Å². The van der Waals surface area contributed by atoms with E-state index in [-0.39, 0.29) is 16.9 Å². The molecule has 2 N–H and O–H groups in total. The van der Waals surface area contributed by atoms with E-state index in [1.54, 1.807) is 6.07 Å². The quantitative estimate of drug-likeness (QED) is 0.455. The zero-order valence-electron chi connectivity index (χ0n) is 14.9.